The first-order valence-electron chi connectivity index (χ1n) is 10.1. The molecule has 2 atom stereocenters. The molecule has 30 heavy (non-hydrogen) atoms. The summed E-state index contributed by atoms with van der Waals surface area (Å²) in [6.07, 6.45) is 2.70. The first-order chi connectivity index (χ1) is 14.6. The van der Waals surface area contributed by atoms with Crippen LogP contribution >= 0.6 is 0 Å². The molecule has 1 saturated heterocycles. The minimum absolute atomic E-state index is 0.0583. The maximum atomic E-state index is 13.5. The Hall–Kier alpha value is -3.22. The molecule has 0 radical (unpaired) electrons. The molecule has 2 aromatic rings. The molecule has 2 unspecified atom stereocenters. The van der Waals surface area contributed by atoms with Crippen LogP contribution in [0.25, 0.3) is 0 Å². The van der Waals surface area contributed by atoms with Crippen molar-refractivity contribution in [3.63, 3.8) is 0 Å². The van der Waals surface area contributed by atoms with Crippen molar-refractivity contribution in [3.05, 3.63) is 47.5 Å². The van der Waals surface area contributed by atoms with Gasteiger partial charge in [-0.2, -0.15) is 0 Å². The molecule has 2 heterocycles. The van der Waals surface area contributed by atoms with E-state index in [1.54, 1.807) is 38.5 Å². The van der Waals surface area contributed by atoms with Gasteiger partial charge in [-0.15, -0.1) is 0 Å². The van der Waals surface area contributed by atoms with Gasteiger partial charge in [-0.25, -0.2) is 0 Å². The molecule has 0 saturated carbocycles. The van der Waals surface area contributed by atoms with Gasteiger partial charge in [0.05, 0.1) is 32.9 Å². The summed E-state index contributed by atoms with van der Waals surface area (Å²) >= 11 is 0. The highest BCUT2D eigenvalue weighted by atomic mass is 16.5. The molecule has 4 rings (SSSR count). The Balaban J connectivity index is 1.79. The largest absolute Gasteiger partial charge is 0.495 e. The molecule has 0 spiro atoms. The number of ether oxygens (including phenoxy) is 3. The standard InChI is InChI=1S/C23H26N2O5/c1-28-18-10-5-4-8-16(18)24-22(26)21-14-12-19(29-2)20(30-3)13-15(14)23(27)25-11-7-6-9-17(21)25/h4-5,8,10,12-13,17,21H,6-7,9,11H2,1-3H3,(H,24,26). The Morgan fingerprint density at radius 3 is 2.43 bits per heavy atom. The van der Waals surface area contributed by atoms with Gasteiger partial charge in [0.2, 0.25) is 5.91 Å². The van der Waals surface area contributed by atoms with Crippen LogP contribution in [0.5, 0.6) is 17.2 Å². The first kappa shape index (κ1) is 20.1. The number of carbonyl (C=O) groups is 2. The van der Waals surface area contributed by atoms with Crippen molar-refractivity contribution in [3.8, 4) is 17.2 Å². The normalized spacial score (nSPS) is 20.1. The molecule has 7 nitrogen and oxygen atoms in total. The second-order valence-corrected chi connectivity index (χ2v) is 7.52. The van der Waals surface area contributed by atoms with Gasteiger partial charge < -0.3 is 24.4 Å². The molecule has 2 aromatic carbocycles. The number of hydrogen-bond donors (Lipinski definition) is 1. The van der Waals surface area contributed by atoms with E-state index in [4.69, 9.17) is 14.2 Å². The van der Waals surface area contributed by atoms with Gasteiger partial charge in [0.1, 0.15) is 5.75 Å². The fourth-order valence-corrected chi connectivity index (χ4v) is 4.53. The second-order valence-electron chi connectivity index (χ2n) is 7.52. The molecule has 7 heteroatoms. The first-order valence-corrected chi connectivity index (χ1v) is 10.1. The molecule has 158 valence electrons. The van der Waals surface area contributed by atoms with E-state index in [9.17, 15) is 9.59 Å². The Bertz CT molecular complexity index is 974. The lowest BCUT2D eigenvalue weighted by Crippen LogP contribution is -2.53. The SMILES string of the molecule is COc1ccccc1NC(=O)C1c2cc(OC)c(OC)cc2C(=O)N2CCCCC12. The molecule has 2 aliphatic heterocycles. The van der Waals surface area contributed by atoms with E-state index in [1.807, 2.05) is 17.0 Å². The third kappa shape index (κ3) is 3.34. The summed E-state index contributed by atoms with van der Waals surface area (Å²) in [5.74, 6) is 0.829. The monoisotopic (exact) mass is 410 g/mol. The van der Waals surface area contributed by atoms with E-state index in [0.29, 0.717) is 40.6 Å². The Labute approximate surface area is 175 Å². The lowest BCUT2D eigenvalue weighted by molar-refractivity contribution is -0.119. The van der Waals surface area contributed by atoms with E-state index in [-0.39, 0.29) is 17.9 Å². The minimum Gasteiger partial charge on any atom is -0.495 e. The van der Waals surface area contributed by atoms with Crippen LogP contribution in [0.15, 0.2) is 36.4 Å². The number of piperidine rings is 1. The number of amides is 2. The molecule has 0 aromatic heterocycles. The van der Waals surface area contributed by atoms with Crippen molar-refractivity contribution < 1.29 is 23.8 Å². The number of fused-ring (bicyclic) bond motifs is 2. The molecular formula is C23H26N2O5. The minimum atomic E-state index is -0.511. The van der Waals surface area contributed by atoms with Crippen molar-refractivity contribution in [2.45, 2.75) is 31.2 Å². The number of hydrogen-bond acceptors (Lipinski definition) is 5. The number of rotatable bonds is 5. The highest BCUT2D eigenvalue weighted by Gasteiger charge is 2.45. The van der Waals surface area contributed by atoms with Crippen LogP contribution in [-0.4, -0.2) is 50.6 Å². The van der Waals surface area contributed by atoms with E-state index in [0.717, 1.165) is 19.3 Å². The van der Waals surface area contributed by atoms with E-state index < -0.39 is 5.92 Å². The maximum Gasteiger partial charge on any atom is 0.254 e. The van der Waals surface area contributed by atoms with Crippen LogP contribution in [0, 0.1) is 0 Å². The quantitative estimate of drug-likeness (QED) is 0.817. The Morgan fingerprint density at radius 1 is 1.00 bits per heavy atom. The van der Waals surface area contributed by atoms with Crippen molar-refractivity contribution in [1.29, 1.82) is 0 Å². The van der Waals surface area contributed by atoms with Gasteiger partial charge in [0.25, 0.3) is 5.91 Å². The summed E-state index contributed by atoms with van der Waals surface area (Å²) in [5, 5.41) is 3.01. The summed E-state index contributed by atoms with van der Waals surface area (Å²) in [7, 11) is 4.65. The number of anilines is 1. The third-order valence-electron chi connectivity index (χ3n) is 5.96. The molecular weight excluding hydrogens is 384 g/mol. The van der Waals surface area contributed by atoms with Crippen LogP contribution in [0.4, 0.5) is 5.69 Å². The van der Waals surface area contributed by atoms with Gasteiger partial charge in [-0.05, 0) is 49.1 Å². The topological polar surface area (TPSA) is 77.1 Å². The smallest absolute Gasteiger partial charge is 0.254 e. The number of benzene rings is 2. The Kier molecular flexibility index (Phi) is 5.53. The summed E-state index contributed by atoms with van der Waals surface area (Å²) in [6, 6.07) is 10.6. The molecule has 2 amide bonds. The van der Waals surface area contributed by atoms with E-state index in [2.05, 4.69) is 5.32 Å². The number of para-hydroxylation sites is 2. The number of nitrogens with one attached hydrogen (secondary N) is 1. The zero-order valence-corrected chi connectivity index (χ0v) is 17.4. The zero-order chi connectivity index (χ0) is 21.3. The summed E-state index contributed by atoms with van der Waals surface area (Å²) < 4.78 is 16.2. The molecule has 2 aliphatic rings. The number of nitrogens with zero attached hydrogens (tertiary/aromatic N) is 1. The average Bonchev–Trinajstić information content (AvgIpc) is 2.78. The lowest BCUT2D eigenvalue weighted by atomic mass is 9.78. The fourth-order valence-electron chi connectivity index (χ4n) is 4.53. The molecule has 1 fully saturated rings. The van der Waals surface area contributed by atoms with Crippen molar-refractivity contribution in [2.75, 3.05) is 33.2 Å². The summed E-state index contributed by atoms with van der Waals surface area (Å²) in [4.78, 5) is 28.6. The second kappa shape index (κ2) is 8.26. The predicted octanol–water partition coefficient (Wildman–Crippen LogP) is 3.44. The summed E-state index contributed by atoms with van der Waals surface area (Å²) in [5.41, 5.74) is 1.77. The van der Waals surface area contributed by atoms with Crippen molar-refractivity contribution in [2.24, 2.45) is 0 Å². The van der Waals surface area contributed by atoms with Crippen molar-refractivity contribution in [1.82, 2.24) is 4.90 Å². The van der Waals surface area contributed by atoms with Crippen LogP contribution in [-0.2, 0) is 4.79 Å². The third-order valence-corrected chi connectivity index (χ3v) is 5.96. The molecule has 0 bridgehead atoms. The van der Waals surface area contributed by atoms with Crippen LogP contribution in [0.1, 0.15) is 41.1 Å². The summed E-state index contributed by atoms with van der Waals surface area (Å²) in [6.45, 7) is 0.649. The lowest BCUT2D eigenvalue weighted by Gasteiger charge is -2.44. The van der Waals surface area contributed by atoms with Gasteiger partial charge in [0, 0.05) is 18.2 Å². The van der Waals surface area contributed by atoms with Crippen LogP contribution < -0.4 is 19.5 Å². The van der Waals surface area contributed by atoms with Crippen LogP contribution in [0.3, 0.4) is 0 Å². The van der Waals surface area contributed by atoms with Gasteiger partial charge in [-0.1, -0.05) is 12.1 Å². The van der Waals surface area contributed by atoms with Gasteiger partial charge in [0.15, 0.2) is 11.5 Å². The molecule has 0 aliphatic carbocycles. The highest BCUT2D eigenvalue weighted by molar-refractivity contribution is 6.05. The van der Waals surface area contributed by atoms with E-state index in [1.165, 1.54) is 7.11 Å². The predicted molar refractivity (Wildman–Crippen MR) is 113 cm³/mol. The van der Waals surface area contributed by atoms with Gasteiger partial charge >= 0.3 is 0 Å². The highest BCUT2D eigenvalue weighted by Crippen LogP contribution is 2.43. The Morgan fingerprint density at radius 2 is 1.70 bits per heavy atom. The molecule has 1 N–H and O–H groups in total. The maximum absolute atomic E-state index is 13.5. The van der Waals surface area contributed by atoms with Crippen molar-refractivity contribution >= 4 is 17.5 Å². The van der Waals surface area contributed by atoms with E-state index >= 15 is 0 Å². The zero-order valence-electron chi connectivity index (χ0n) is 17.4. The van der Waals surface area contributed by atoms with Crippen LogP contribution in [0.2, 0.25) is 0 Å². The average molecular weight is 410 g/mol. The number of methoxy groups -OCH3 is 3. The fraction of sp³-hybridized carbons (Fsp3) is 0.391. The number of carbonyl (C=O) groups excluding carboxylic acids is 2. The van der Waals surface area contributed by atoms with Gasteiger partial charge in [-0.3, -0.25) is 9.59 Å².